The van der Waals surface area contributed by atoms with Crippen LogP contribution in [0.1, 0.15) is 6.92 Å². The zero-order chi connectivity index (χ0) is 10.5. The number of rotatable bonds is 5. The van der Waals surface area contributed by atoms with Crippen molar-refractivity contribution in [3.8, 4) is 0 Å². The largest absolute Gasteiger partial charge is 0.415 e. The maximum Gasteiger partial charge on any atom is 0.415 e. The monoisotopic (exact) mass is 217 g/mol. The second-order valence-corrected chi connectivity index (χ2v) is 4.01. The molecule has 3 N–H and O–H groups in total. The van der Waals surface area contributed by atoms with Crippen molar-refractivity contribution in [2.45, 2.75) is 19.2 Å². The van der Waals surface area contributed by atoms with Crippen LogP contribution in [0.2, 0.25) is 0 Å². The van der Waals surface area contributed by atoms with Crippen molar-refractivity contribution in [3.05, 3.63) is 0 Å². The number of thioether (sulfide) groups is 1. The van der Waals surface area contributed by atoms with E-state index in [1.807, 2.05) is 6.92 Å². The third-order valence-corrected chi connectivity index (χ3v) is 2.81. The van der Waals surface area contributed by atoms with Gasteiger partial charge in [0.05, 0.1) is 0 Å². The predicted molar refractivity (Wildman–Crippen MR) is 47.6 cm³/mol. The van der Waals surface area contributed by atoms with Gasteiger partial charge in [0.15, 0.2) is 6.10 Å². The zero-order valence-corrected chi connectivity index (χ0v) is 8.16. The number of aliphatic hydroxyl groups excluding tert-OH is 1. The molecule has 6 heteroatoms. The first-order chi connectivity index (χ1) is 5.88. The van der Waals surface area contributed by atoms with Crippen molar-refractivity contribution in [3.63, 3.8) is 0 Å². The van der Waals surface area contributed by atoms with E-state index in [0.717, 1.165) is 11.8 Å². The van der Waals surface area contributed by atoms with Gasteiger partial charge in [-0.1, -0.05) is 6.92 Å². The van der Waals surface area contributed by atoms with Crippen molar-refractivity contribution in [2.24, 2.45) is 11.7 Å². The van der Waals surface area contributed by atoms with E-state index in [2.05, 4.69) is 0 Å². The van der Waals surface area contributed by atoms with E-state index < -0.39 is 12.3 Å². The summed E-state index contributed by atoms with van der Waals surface area (Å²) in [5.41, 5.74) is 5.28. The molecule has 0 aromatic heterocycles. The fraction of sp³-hybridized carbons (Fsp3) is 1.00. The van der Waals surface area contributed by atoms with E-state index in [4.69, 9.17) is 10.8 Å². The third kappa shape index (κ3) is 6.17. The lowest BCUT2D eigenvalue weighted by molar-refractivity contribution is -0.195. The van der Waals surface area contributed by atoms with Crippen LogP contribution in [0.3, 0.4) is 0 Å². The Kier molecular flexibility index (Phi) is 5.75. The van der Waals surface area contributed by atoms with Crippen molar-refractivity contribution in [2.75, 3.05) is 18.1 Å². The Morgan fingerprint density at radius 2 is 1.92 bits per heavy atom. The van der Waals surface area contributed by atoms with Crippen LogP contribution >= 0.6 is 11.8 Å². The van der Waals surface area contributed by atoms with Crippen molar-refractivity contribution in [1.29, 1.82) is 0 Å². The van der Waals surface area contributed by atoms with Gasteiger partial charge in [-0.2, -0.15) is 24.9 Å². The average Bonchev–Trinajstić information content (AvgIpc) is 2.02. The minimum Gasteiger partial charge on any atom is -0.383 e. The molecular weight excluding hydrogens is 203 g/mol. The maximum atomic E-state index is 11.8. The Hall–Kier alpha value is 0.0600. The van der Waals surface area contributed by atoms with Gasteiger partial charge in [0.1, 0.15) is 0 Å². The lowest BCUT2D eigenvalue weighted by atomic mass is 10.2. The quantitative estimate of drug-likeness (QED) is 0.728. The summed E-state index contributed by atoms with van der Waals surface area (Å²) in [6.07, 6.45) is -6.72. The molecule has 0 radical (unpaired) electrons. The van der Waals surface area contributed by atoms with Gasteiger partial charge in [-0.05, 0) is 18.2 Å². The summed E-state index contributed by atoms with van der Waals surface area (Å²) in [6.45, 7) is 2.31. The van der Waals surface area contributed by atoms with E-state index in [1.165, 1.54) is 0 Å². The summed E-state index contributed by atoms with van der Waals surface area (Å²) >= 11 is 1.07. The summed E-state index contributed by atoms with van der Waals surface area (Å²) in [5.74, 6) is 0.419. The predicted octanol–water partition coefficient (Wildman–Crippen LogP) is 1.24. The number of nitrogens with two attached hydrogens (primary N) is 1. The minimum atomic E-state index is -4.50. The van der Waals surface area contributed by atoms with E-state index in [-0.39, 0.29) is 11.7 Å². The standard InChI is InChI=1S/C7H14F3NOS/c1-5(2-11)3-13-4-6(12)7(8,9)10/h5-6,12H,2-4,11H2,1H3. The molecule has 0 saturated carbocycles. The average molecular weight is 217 g/mol. The molecule has 0 aliphatic heterocycles. The van der Waals surface area contributed by atoms with Crippen LogP contribution in [-0.2, 0) is 0 Å². The summed E-state index contributed by atoms with van der Waals surface area (Å²) in [5, 5.41) is 8.59. The van der Waals surface area contributed by atoms with Crippen molar-refractivity contribution >= 4 is 11.8 Å². The molecule has 0 aliphatic carbocycles. The van der Waals surface area contributed by atoms with Gasteiger partial charge < -0.3 is 10.8 Å². The van der Waals surface area contributed by atoms with Crippen molar-refractivity contribution < 1.29 is 18.3 Å². The highest BCUT2D eigenvalue weighted by molar-refractivity contribution is 7.99. The highest BCUT2D eigenvalue weighted by atomic mass is 32.2. The Labute approximate surface area is 79.7 Å². The van der Waals surface area contributed by atoms with Gasteiger partial charge in [0.2, 0.25) is 0 Å². The highest BCUT2D eigenvalue weighted by Gasteiger charge is 2.37. The fourth-order valence-corrected chi connectivity index (χ4v) is 1.63. The molecule has 0 fully saturated rings. The first-order valence-electron chi connectivity index (χ1n) is 3.90. The fourth-order valence-electron chi connectivity index (χ4n) is 0.543. The molecule has 2 unspecified atom stereocenters. The van der Waals surface area contributed by atoms with Gasteiger partial charge in [-0.25, -0.2) is 0 Å². The van der Waals surface area contributed by atoms with E-state index >= 15 is 0 Å². The van der Waals surface area contributed by atoms with E-state index in [0.29, 0.717) is 12.3 Å². The molecule has 0 amide bonds. The molecule has 0 saturated heterocycles. The van der Waals surface area contributed by atoms with E-state index in [9.17, 15) is 13.2 Å². The minimum absolute atomic E-state index is 0.186. The van der Waals surface area contributed by atoms with Gasteiger partial charge in [0, 0.05) is 5.75 Å². The number of hydrogen-bond donors (Lipinski definition) is 2. The van der Waals surface area contributed by atoms with Crippen LogP contribution in [0.4, 0.5) is 13.2 Å². The van der Waals surface area contributed by atoms with Gasteiger partial charge in [0.25, 0.3) is 0 Å². The van der Waals surface area contributed by atoms with Crippen LogP contribution in [0.15, 0.2) is 0 Å². The Balaban J connectivity index is 3.54. The summed E-state index contributed by atoms with van der Waals surface area (Å²) < 4.78 is 35.3. The summed E-state index contributed by atoms with van der Waals surface area (Å²) in [4.78, 5) is 0. The Morgan fingerprint density at radius 1 is 1.38 bits per heavy atom. The normalized spacial score (nSPS) is 17.1. The van der Waals surface area contributed by atoms with Crippen molar-refractivity contribution in [1.82, 2.24) is 0 Å². The molecular formula is C7H14F3NOS. The summed E-state index contributed by atoms with van der Waals surface area (Å²) in [6, 6.07) is 0. The lowest BCUT2D eigenvalue weighted by Crippen LogP contribution is -2.31. The third-order valence-electron chi connectivity index (χ3n) is 1.46. The molecule has 0 aromatic rings. The topological polar surface area (TPSA) is 46.2 Å². The molecule has 13 heavy (non-hydrogen) atoms. The number of alkyl halides is 3. The molecule has 80 valence electrons. The molecule has 0 bridgehead atoms. The van der Waals surface area contributed by atoms with Crippen LogP contribution in [0, 0.1) is 5.92 Å². The molecule has 0 aliphatic rings. The molecule has 0 rings (SSSR count). The zero-order valence-electron chi connectivity index (χ0n) is 7.34. The Bertz CT molecular complexity index is 142. The molecule has 0 spiro atoms. The highest BCUT2D eigenvalue weighted by Crippen LogP contribution is 2.23. The molecule has 0 heterocycles. The molecule has 2 atom stereocenters. The maximum absolute atomic E-state index is 11.8. The molecule has 2 nitrogen and oxygen atoms in total. The number of hydrogen-bond acceptors (Lipinski definition) is 3. The number of halogens is 3. The van der Waals surface area contributed by atoms with Crippen LogP contribution in [0.25, 0.3) is 0 Å². The lowest BCUT2D eigenvalue weighted by Gasteiger charge is -2.14. The van der Waals surface area contributed by atoms with Crippen LogP contribution in [0.5, 0.6) is 0 Å². The second-order valence-electron chi connectivity index (χ2n) is 2.94. The SMILES string of the molecule is CC(CN)CSCC(O)C(F)(F)F. The van der Waals surface area contributed by atoms with Gasteiger partial charge in [-0.3, -0.25) is 0 Å². The molecule has 0 aromatic carbocycles. The van der Waals surface area contributed by atoms with E-state index in [1.54, 1.807) is 0 Å². The summed E-state index contributed by atoms with van der Waals surface area (Å²) in [7, 11) is 0. The second kappa shape index (κ2) is 5.72. The first-order valence-corrected chi connectivity index (χ1v) is 5.06. The van der Waals surface area contributed by atoms with Gasteiger partial charge >= 0.3 is 6.18 Å². The van der Waals surface area contributed by atoms with Crippen LogP contribution in [-0.4, -0.2) is 35.4 Å². The van der Waals surface area contributed by atoms with Crippen LogP contribution < -0.4 is 5.73 Å². The first kappa shape index (κ1) is 13.1. The van der Waals surface area contributed by atoms with Gasteiger partial charge in [-0.15, -0.1) is 0 Å². The Morgan fingerprint density at radius 3 is 2.31 bits per heavy atom. The smallest absolute Gasteiger partial charge is 0.383 e. The number of aliphatic hydroxyl groups is 1.